The van der Waals surface area contributed by atoms with E-state index in [1.807, 2.05) is 13.8 Å². The van der Waals surface area contributed by atoms with Gasteiger partial charge in [-0.05, 0) is 18.8 Å². The van der Waals surface area contributed by atoms with E-state index in [0.717, 1.165) is 25.5 Å². The molecule has 82 valence electrons. The Morgan fingerprint density at radius 2 is 1.93 bits per heavy atom. The Hall–Kier alpha value is -0.660. The van der Waals surface area contributed by atoms with E-state index in [4.69, 9.17) is 0 Å². The SMILES string of the molecule is CCCCCC(=O)C(C=O)CC(C)C. The van der Waals surface area contributed by atoms with Crippen LogP contribution in [-0.2, 0) is 9.59 Å². The van der Waals surface area contributed by atoms with Crippen molar-refractivity contribution in [3.63, 3.8) is 0 Å². The van der Waals surface area contributed by atoms with Crippen molar-refractivity contribution in [3.05, 3.63) is 0 Å². The van der Waals surface area contributed by atoms with Crippen molar-refractivity contribution >= 4 is 12.1 Å². The molecule has 0 fully saturated rings. The molecule has 2 heteroatoms. The standard InChI is InChI=1S/C12H22O2/c1-4-5-6-7-12(14)11(9-13)8-10(2)3/h9-11H,4-8H2,1-3H3. The maximum absolute atomic E-state index is 11.6. The Kier molecular flexibility index (Phi) is 7.35. The lowest BCUT2D eigenvalue weighted by Gasteiger charge is -2.11. The van der Waals surface area contributed by atoms with E-state index in [0.29, 0.717) is 18.8 Å². The highest BCUT2D eigenvalue weighted by Gasteiger charge is 2.17. The third-order valence-electron chi connectivity index (χ3n) is 2.33. The smallest absolute Gasteiger partial charge is 0.143 e. The van der Waals surface area contributed by atoms with Gasteiger partial charge >= 0.3 is 0 Å². The molecule has 0 aliphatic rings. The zero-order valence-electron chi connectivity index (χ0n) is 9.58. The van der Waals surface area contributed by atoms with Gasteiger partial charge in [0.05, 0.1) is 5.92 Å². The topological polar surface area (TPSA) is 34.1 Å². The van der Waals surface area contributed by atoms with Crippen LogP contribution in [0.5, 0.6) is 0 Å². The number of hydrogen-bond acceptors (Lipinski definition) is 2. The van der Waals surface area contributed by atoms with Gasteiger partial charge in [-0.2, -0.15) is 0 Å². The summed E-state index contributed by atoms with van der Waals surface area (Å²) < 4.78 is 0. The van der Waals surface area contributed by atoms with E-state index < -0.39 is 0 Å². The summed E-state index contributed by atoms with van der Waals surface area (Å²) in [5.41, 5.74) is 0. The van der Waals surface area contributed by atoms with E-state index in [1.54, 1.807) is 0 Å². The van der Waals surface area contributed by atoms with Crippen molar-refractivity contribution in [1.82, 2.24) is 0 Å². The zero-order valence-corrected chi connectivity index (χ0v) is 9.58. The molecule has 0 aromatic heterocycles. The predicted octanol–water partition coefficient (Wildman–Crippen LogP) is 3.00. The summed E-state index contributed by atoms with van der Waals surface area (Å²) in [6.07, 6.45) is 5.21. The number of unbranched alkanes of at least 4 members (excludes halogenated alkanes) is 2. The van der Waals surface area contributed by atoms with Gasteiger partial charge in [-0.1, -0.05) is 33.6 Å². The quantitative estimate of drug-likeness (QED) is 0.341. The number of aldehydes is 1. The van der Waals surface area contributed by atoms with Crippen LogP contribution < -0.4 is 0 Å². The summed E-state index contributed by atoms with van der Waals surface area (Å²) in [6, 6.07) is 0. The van der Waals surface area contributed by atoms with Gasteiger partial charge in [0.2, 0.25) is 0 Å². The molecule has 0 rings (SSSR count). The number of hydrogen-bond donors (Lipinski definition) is 0. The van der Waals surface area contributed by atoms with Crippen molar-refractivity contribution < 1.29 is 9.59 Å². The maximum atomic E-state index is 11.6. The van der Waals surface area contributed by atoms with Crippen LogP contribution in [-0.4, -0.2) is 12.1 Å². The summed E-state index contributed by atoms with van der Waals surface area (Å²) in [7, 11) is 0. The molecule has 0 N–H and O–H groups in total. The summed E-state index contributed by atoms with van der Waals surface area (Å²) in [6.45, 7) is 6.18. The molecular formula is C12H22O2. The Bertz CT molecular complexity index is 173. The Morgan fingerprint density at radius 3 is 2.36 bits per heavy atom. The van der Waals surface area contributed by atoms with Crippen LogP contribution >= 0.6 is 0 Å². The molecule has 1 unspecified atom stereocenters. The second-order valence-corrected chi connectivity index (χ2v) is 4.30. The first-order valence-corrected chi connectivity index (χ1v) is 5.59. The highest BCUT2D eigenvalue weighted by atomic mass is 16.1. The first-order chi connectivity index (χ1) is 6.61. The van der Waals surface area contributed by atoms with Crippen molar-refractivity contribution in [2.24, 2.45) is 11.8 Å². The van der Waals surface area contributed by atoms with E-state index in [-0.39, 0.29) is 11.7 Å². The summed E-state index contributed by atoms with van der Waals surface area (Å²) >= 11 is 0. The minimum absolute atomic E-state index is 0.127. The highest BCUT2D eigenvalue weighted by Crippen LogP contribution is 2.14. The Labute approximate surface area is 87.1 Å². The van der Waals surface area contributed by atoms with Crippen molar-refractivity contribution in [2.45, 2.75) is 52.9 Å². The first kappa shape index (κ1) is 13.3. The first-order valence-electron chi connectivity index (χ1n) is 5.59. The molecule has 0 bridgehead atoms. The van der Waals surface area contributed by atoms with E-state index >= 15 is 0 Å². The van der Waals surface area contributed by atoms with Crippen molar-refractivity contribution in [1.29, 1.82) is 0 Å². The summed E-state index contributed by atoms with van der Waals surface area (Å²) in [4.78, 5) is 22.2. The van der Waals surface area contributed by atoms with E-state index in [1.165, 1.54) is 0 Å². The van der Waals surface area contributed by atoms with Crippen molar-refractivity contribution in [2.75, 3.05) is 0 Å². The fourth-order valence-electron chi connectivity index (χ4n) is 1.51. The van der Waals surface area contributed by atoms with Gasteiger partial charge in [-0.15, -0.1) is 0 Å². The van der Waals surface area contributed by atoms with Crippen LogP contribution in [0.15, 0.2) is 0 Å². The van der Waals surface area contributed by atoms with Crippen LogP contribution in [0.3, 0.4) is 0 Å². The minimum atomic E-state index is -0.355. The van der Waals surface area contributed by atoms with Crippen LogP contribution in [0.4, 0.5) is 0 Å². The number of rotatable bonds is 8. The number of carbonyl (C=O) groups excluding carboxylic acids is 2. The summed E-state index contributed by atoms with van der Waals surface area (Å²) in [5, 5.41) is 0. The molecule has 0 saturated heterocycles. The van der Waals surface area contributed by atoms with Gasteiger partial charge < -0.3 is 4.79 Å². The van der Waals surface area contributed by atoms with Gasteiger partial charge in [0.25, 0.3) is 0 Å². The lowest BCUT2D eigenvalue weighted by Crippen LogP contribution is -2.17. The number of ketones is 1. The fraction of sp³-hybridized carbons (Fsp3) is 0.833. The van der Waals surface area contributed by atoms with E-state index in [2.05, 4.69) is 6.92 Å². The minimum Gasteiger partial charge on any atom is -0.303 e. The highest BCUT2D eigenvalue weighted by molar-refractivity contribution is 5.93. The second-order valence-electron chi connectivity index (χ2n) is 4.30. The maximum Gasteiger partial charge on any atom is 0.143 e. The third-order valence-corrected chi connectivity index (χ3v) is 2.33. The molecule has 0 radical (unpaired) electrons. The van der Waals surface area contributed by atoms with Crippen molar-refractivity contribution in [3.8, 4) is 0 Å². The molecule has 0 aliphatic carbocycles. The monoisotopic (exact) mass is 198 g/mol. The average molecular weight is 198 g/mol. The molecular weight excluding hydrogens is 176 g/mol. The average Bonchev–Trinajstić information content (AvgIpc) is 2.14. The normalized spacial score (nSPS) is 12.9. The molecule has 1 atom stereocenters. The second kappa shape index (κ2) is 7.72. The van der Waals surface area contributed by atoms with Gasteiger partial charge in [0.1, 0.15) is 12.1 Å². The van der Waals surface area contributed by atoms with Crippen LogP contribution in [0.2, 0.25) is 0 Å². The van der Waals surface area contributed by atoms with Crippen LogP contribution in [0.25, 0.3) is 0 Å². The molecule has 0 heterocycles. The van der Waals surface area contributed by atoms with Gasteiger partial charge in [0.15, 0.2) is 0 Å². The van der Waals surface area contributed by atoms with E-state index in [9.17, 15) is 9.59 Å². The molecule has 2 nitrogen and oxygen atoms in total. The fourth-order valence-corrected chi connectivity index (χ4v) is 1.51. The van der Waals surface area contributed by atoms with Crippen LogP contribution in [0.1, 0.15) is 52.9 Å². The summed E-state index contributed by atoms with van der Waals surface area (Å²) in [5.74, 6) is 0.189. The van der Waals surface area contributed by atoms with Gasteiger partial charge in [-0.3, -0.25) is 4.79 Å². The molecule has 14 heavy (non-hydrogen) atoms. The molecule has 0 spiro atoms. The molecule has 0 aromatic carbocycles. The predicted molar refractivity (Wildman–Crippen MR) is 58.2 cm³/mol. The molecule has 0 aliphatic heterocycles. The lowest BCUT2D eigenvalue weighted by molar-refractivity contribution is -0.128. The van der Waals surface area contributed by atoms with Crippen LogP contribution in [0, 0.1) is 11.8 Å². The zero-order chi connectivity index (χ0) is 11.0. The lowest BCUT2D eigenvalue weighted by atomic mass is 9.92. The Morgan fingerprint density at radius 1 is 1.29 bits per heavy atom. The van der Waals surface area contributed by atoms with Gasteiger partial charge in [0, 0.05) is 6.42 Å². The largest absolute Gasteiger partial charge is 0.303 e. The number of carbonyl (C=O) groups is 2. The molecule has 0 aromatic rings. The molecule has 0 amide bonds. The van der Waals surface area contributed by atoms with Gasteiger partial charge in [-0.25, -0.2) is 0 Å². The third kappa shape index (κ3) is 5.90. The Balaban J connectivity index is 3.85. The number of Topliss-reactive ketones (excluding diaryl/α,β-unsaturated/α-hetero) is 1. The molecule has 0 saturated carbocycles.